The van der Waals surface area contributed by atoms with E-state index in [0.29, 0.717) is 5.75 Å². The second-order valence-corrected chi connectivity index (χ2v) is 8.56. The summed E-state index contributed by atoms with van der Waals surface area (Å²) in [6, 6.07) is 11.5. The summed E-state index contributed by atoms with van der Waals surface area (Å²) < 4.78 is 33.8. The molecule has 0 fully saturated rings. The van der Waals surface area contributed by atoms with Crippen LogP contribution in [0.5, 0.6) is 5.75 Å². The van der Waals surface area contributed by atoms with Crippen LogP contribution in [0.1, 0.15) is 28.3 Å². The molecule has 0 bridgehead atoms. The Kier molecular flexibility index (Phi) is 6.44. The summed E-state index contributed by atoms with van der Waals surface area (Å²) in [4.78, 5) is 2.18. The van der Waals surface area contributed by atoms with Gasteiger partial charge in [-0.05, 0) is 63.7 Å². The Bertz CT molecular complexity index is 859. The first kappa shape index (κ1) is 20.4. The monoisotopic (exact) mass is 376 g/mol. The zero-order valence-corrected chi connectivity index (χ0v) is 17.1. The molecule has 1 atom stereocenters. The van der Waals surface area contributed by atoms with Crippen LogP contribution >= 0.6 is 0 Å². The molecule has 142 valence electrons. The molecule has 0 aromatic heterocycles. The van der Waals surface area contributed by atoms with Crippen LogP contribution in [0.25, 0.3) is 0 Å². The summed E-state index contributed by atoms with van der Waals surface area (Å²) in [5.74, 6) is 0.359. The second kappa shape index (κ2) is 8.20. The fourth-order valence-corrected chi connectivity index (χ4v) is 4.06. The lowest BCUT2D eigenvalue weighted by atomic mass is 10.0. The SMILES string of the molecule is COc1cc(C)c(C)cc1S(=O)(=O)NC[C@H](c1ccc(C)cc1)N(C)C. The van der Waals surface area contributed by atoms with Crippen LogP contribution in [0.3, 0.4) is 0 Å². The third-order valence-electron chi connectivity index (χ3n) is 4.62. The Morgan fingerprint density at radius 1 is 1.04 bits per heavy atom. The number of aryl methyl sites for hydroxylation is 3. The number of hydrogen-bond donors (Lipinski definition) is 1. The van der Waals surface area contributed by atoms with Crippen LogP contribution in [0.15, 0.2) is 41.3 Å². The zero-order valence-electron chi connectivity index (χ0n) is 16.3. The number of sulfonamides is 1. The van der Waals surface area contributed by atoms with Crippen LogP contribution in [0.2, 0.25) is 0 Å². The van der Waals surface area contributed by atoms with Crippen molar-refractivity contribution in [3.63, 3.8) is 0 Å². The quantitative estimate of drug-likeness (QED) is 0.806. The average molecular weight is 377 g/mol. The van der Waals surface area contributed by atoms with E-state index < -0.39 is 10.0 Å². The lowest BCUT2D eigenvalue weighted by Crippen LogP contribution is -2.34. The van der Waals surface area contributed by atoms with Crippen LogP contribution in [0, 0.1) is 20.8 Å². The second-order valence-electron chi connectivity index (χ2n) is 6.83. The van der Waals surface area contributed by atoms with Gasteiger partial charge in [-0.25, -0.2) is 13.1 Å². The van der Waals surface area contributed by atoms with Gasteiger partial charge in [0.1, 0.15) is 10.6 Å². The molecule has 2 aromatic carbocycles. The first-order chi connectivity index (χ1) is 12.2. The van der Waals surface area contributed by atoms with Crippen molar-refractivity contribution < 1.29 is 13.2 Å². The third kappa shape index (κ3) is 4.63. The van der Waals surface area contributed by atoms with Crippen LogP contribution < -0.4 is 9.46 Å². The highest BCUT2D eigenvalue weighted by Gasteiger charge is 2.23. The predicted octanol–water partition coefficient (Wildman–Crippen LogP) is 3.20. The minimum atomic E-state index is -3.69. The molecule has 0 saturated heterocycles. The van der Waals surface area contributed by atoms with Crippen molar-refractivity contribution in [2.24, 2.45) is 0 Å². The minimum absolute atomic E-state index is 0.0667. The maximum Gasteiger partial charge on any atom is 0.244 e. The van der Waals surface area contributed by atoms with Crippen molar-refractivity contribution in [1.82, 2.24) is 9.62 Å². The van der Waals surface area contributed by atoms with Gasteiger partial charge in [0.05, 0.1) is 7.11 Å². The molecular weight excluding hydrogens is 348 g/mol. The number of nitrogens with one attached hydrogen (secondary N) is 1. The largest absolute Gasteiger partial charge is 0.495 e. The van der Waals surface area contributed by atoms with Gasteiger partial charge < -0.3 is 9.64 Å². The first-order valence-corrected chi connectivity index (χ1v) is 10.0. The van der Waals surface area contributed by atoms with E-state index in [9.17, 15) is 8.42 Å². The molecule has 0 aliphatic carbocycles. The van der Waals surface area contributed by atoms with E-state index >= 15 is 0 Å². The van der Waals surface area contributed by atoms with E-state index in [1.165, 1.54) is 12.7 Å². The average Bonchev–Trinajstić information content (AvgIpc) is 2.58. The standard InChI is InChI=1S/C20H28N2O3S/c1-14-7-9-17(10-8-14)18(22(4)5)13-21-26(23,24)20-12-16(3)15(2)11-19(20)25-6/h7-12,18,21H,13H2,1-6H3/t18-/m1/s1. The van der Waals surface area contributed by atoms with Crippen molar-refractivity contribution >= 4 is 10.0 Å². The van der Waals surface area contributed by atoms with E-state index in [1.807, 2.05) is 64.0 Å². The molecule has 6 heteroatoms. The van der Waals surface area contributed by atoms with Gasteiger partial charge in [0, 0.05) is 12.6 Å². The Morgan fingerprint density at radius 3 is 2.15 bits per heavy atom. The van der Waals surface area contributed by atoms with E-state index in [-0.39, 0.29) is 17.5 Å². The van der Waals surface area contributed by atoms with Crippen LogP contribution in [0.4, 0.5) is 0 Å². The summed E-state index contributed by atoms with van der Waals surface area (Å²) in [6.07, 6.45) is 0. The van der Waals surface area contributed by atoms with Gasteiger partial charge in [-0.2, -0.15) is 0 Å². The molecule has 0 heterocycles. The fourth-order valence-electron chi connectivity index (χ4n) is 2.79. The summed E-state index contributed by atoms with van der Waals surface area (Å²) in [6.45, 7) is 6.13. The highest BCUT2D eigenvalue weighted by Crippen LogP contribution is 2.28. The van der Waals surface area contributed by atoms with Crippen molar-refractivity contribution in [2.75, 3.05) is 27.7 Å². The van der Waals surface area contributed by atoms with Crippen molar-refractivity contribution in [1.29, 1.82) is 0 Å². The van der Waals surface area contributed by atoms with Gasteiger partial charge in [0.15, 0.2) is 0 Å². The van der Waals surface area contributed by atoms with Gasteiger partial charge in [0.25, 0.3) is 0 Å². The maximum atomic E-state index is 12.9. The normalized spacial score (nSPS) is 13.0. The number of hydrogen-bond acceptors (Lipinski definition) is 4. The number of ether oxygens (including phenoxy) is 1. The Hall–Kier alpha value is -1.89. The molecule has 0 aliphatic heterocycles. The highest BCUT2D eigenvalue weighted by atomic mass is 32.2. The molecule has 0 amide bonds. The zero-order chi connectivity index (χ0) is 19.5. The number of rotatable bonds is 7. The van der Waals surface area contributed by atoms with Crippen LogP contribution in [-0.4, -0.2) is 41.1 Å². The fraction of sp³-hybridized carbons (Fsp3) is 0.400. The summed E-state index contributed by atoms with van der Waals surface area (Å²) in [5.41, 5.74) is 4.14. The lowest BCUT2D eigenvalue weighted by molar-refractivity contribution is 0.299. The molecular formula is C20H28N2O3S. The van der Waals surface area contributed by atoms with Gasteiger partial charge in [-0.1, -0.05) is 29.8 Å². The van der Waals surface area contributed by atoms with Gasteiger partial charge >= 0.3 is 0 Å². The van der Waals surface area contributed by atoms with E-state index in [4.69, 9.17) is 4.74 Å². The number of benzene rings is 2. The van der Waals surface area contributed by atoms with Crippen molar-refractivity contribution in [3.05, 3.63) is 58.7 Å². The van der Waals surface area contributed by atoms with Crippen molar-refractivity contribution in [2.45, 2.75) is 31.7 Å². The Labute approximate surface area is 157 Å². The Morgan fingerprint density at radius 2 is 1.62 bits per heavy atom. The molecule has 2 rings (SSSR count). The summed E-state index contributed by atoms with van der Waals surface area (Å²) in [7, 11) is 1.68. The number of methoxy groups -OCH3 is 1. The molecule has 1 N–H and O–H groups in total. The molecule has 0 unspecified atom stereocenters. The highest BCUT2D eigenvalue weighted by molar-refractivity contribution is 7.89. The first-order valence-electron chi connectivity index (χ1n) is 8.53. The molecule has 2 aromatic rings. The summed E-state index contributed by atoms with van der Waals surface area (Å²) in [5, 5.41) is 0. The lowest BCUT2D eigenvalue weighted by Gasteiger charge is -2.25. The van der Waals surface area contributed by atoms with Gasteiger partial charge in [-0.15, -0.1) is 0 Å². The van der Waals surface area contributed by atoms with Gasteiger partial charge in [-0.3, -0.25) is 0 Å². The maximum absolute atomic E-state index is 12.9. The number of likely N-dealkylation sites (N-methyl/N-ethyl adjacent to an activating group) is 1. The van der Waals surface area contributed by atoms with E-state index in [1.54, 1.807) is 12.1 Å². The minimum Gasteiger partial charge on any atom is -0.495 e. The Balaban J connectivity index is 2.28. The van der Waals surface area contributed by atoms with Gasteiger partial charge in [0.2, 0.25) is 10.0 Å². The van der Waals surface area contributed by atoms with Crippen LogP contribution in [-0.2, 0) is 10.0 Å². The molecule has 0 saturated carbocycles. The molecule has 0 spiro atoms. The topological polar surface area (TPSA) is 58.6 Å². The predicted molar refractivity (Wildman–Crippen MR) is 105 cm³/mol. The third-order valence-corrected chi connectivity index (χ3v) is 6.07. The van der Waals surface area contributed by atoms with E-state index in [0.717, 1.165) is 16.7 Å². The van der Waals surface area contributed by atoms with Crippen molar-refractivity contribution in [3.8, 4) is 5.75 Å². The molecule has 5 nitrogen and oxygen atoms in total. The molecule has 26 heavy (non-hydrogen) atoms. The molecule has 0 aliphatic rings. The summed E-state index contributed by atoms with van der Waals surface area (Å²) >= 11 is 0. The smallest absolute Gasteiger partial charge is 0.244 e. The molecule has 0 radical (unpaired) electrons. The van der Waals surface area contributed by atoms with E-state index in [2.05, 4.69) is 4.72 Å². The number of nitrogens with zero attached hydrogens (tertiary/aromatic N) is 1.